The van der Waals surface area contributed by atoms with Crippen molar-refractivity contribution in [2.45, 2.75) is 6.04 Å². The lowest BCUT2D eigenvalue weighted by Gasteiger charge is -2.20. The van der Waals surface area contributed by atoms with E-state index in [2.05, 4.69) is 4.98 Å². The fourth-order valence-corrected chi connectivity index (χ4v) is 2.09. The number of fused-ring (bicyclic) bond motifs is 1. The first-order valence-electron chi connectivity index (χ1n) is 5.87. The van der Waals surface area contributed by atoms with Gasteiger partial charge in [0.15, 0.2) is 11.5 Å². The number of aromatic nitrogens is 2. The molecule has 0 saturated carbocycles. The van der Waals surface area contributed by atoms with Gasteiger partial charge in [-0.15, -0.1) is 0 Å². The fraction of sp³-hybridized carbons (Fsp3) is 0.308. The van der Waals surface area contributed by atoms with E-state index in [4.69, 9.17) is 15.2 Å². The molecule has 0 aliphatic carbocycles. The molecule has 2 heterocycles. The van der Waals surface area contributed by atoms with Gasteiger partial charge in [-0.1, -0.05) is 6.07 Å². The molecular weight excluding hydrogens is 230 g/mol. The molecule has 0 saturated heterocycles. The minimum absolute atomic E-state index is 0.215. The molecule has 0 radical (unpaired) electrons. The first kappa shape index (κ1) is 11.1. The minimum atomic E-state index is -0.215. The van der Waals surface area contributed by atoms with Crippen LogP contribution in [0.3, 0.4) is 0 Å². The fourth-order valence-electron chi connectivity index (χ4n) is 2.09. The summed E-state index contributed by atoms with van der Waals surface area (Å²) in [7, 11) is 1.93. The zero-order chi connectivity index (χ0) is 12.5. The zero-order valence-electron chi connectivity index (χ0n) is 10.2. The van der Waals surface area contributed by atoms with E-state index in [9.17, 15) is 0 Å². The maximum Gasteiger partial charge on any atom is 0.161 e. The molecule has 18 heavy (non-hydrogen) atoms. The lowest BCUT2D eigenvalue weighted by atomic mass is 10.0. The SMILES string of the molecule is Cn1cncc1C(N)c1ccc2c(c1)OCCO2. The van der Waals surface area contributed by atoms with Crippen LogP contribution in [0.25, 0.3) is 0 Å². The Balaban J connectivity index is 1.95. The Morgan fingerprint density at radius 2 is 2.06 bits per heavy atom. The van der Waals surface area contributed by atoms with E-state index in [1.54, 1.807) is 12.5 Å². The number of ether oxygens (including phenoxy) is 2. The van der Waals surface area contributed by atoms with Crippen molar-refractivity contribution in [3.8, 4) is 11.5 Å². The van der Waals surface area contributed by atoms with E-state index >= 15 is 0 Å². The van der Waals surface area contributed by atoms with E-state index in [0.29, 0.717) is 13.2 Å². The van der Waals surface area contributed by atoms with E-state index in [0.717, 1.165) is 22.8 Å². The van der Waals surface area contributed by atoms with Crippen LogP contribution in [0.5, 0.6) is 11.5 Å². The molecule has 3 rings (SSSR count). The molecule has 5 nitrogen and oxygen atoms in total. The summed E-state index contributed by atoms with van der Waals surface area (Å²) in [5.41, 5.74) is 8.19. The summed E-state index contributed by atoms with van der Waals surface area (Å²) in [6.45, 7) is 1.18. The third-order valence-corrected chi connectivity index (χ3v) is 3.10. The Morgan fingerprint density at radius 1 is 1.28 bits per heavy atom. The van der Waals surface area contributed by atoms with Gasteiger partial charge in [-0.05, 0) is 17.7 Å². The Labute approximate surface area is 105 Å². The van der Waals surface area contributed by atoms with Gasteiger partial charge in [0.05, 0.1) is 24.3 Å². The van der Waals surface area contributed by atoms with E-state index < -0.39 is 0 Å². The van der Waals surface area contributed by atoms with Crippen molar-refractivity contribution in [1.82, 2.24) is 9.55 Å². The van der Waals surface area contributed by atoms with Crippen molar-refractivity contribution in [3.63, 3.8) is 0 Å². The molecule has 0 bridgehead atoms. The van der Waals surface area contributed by atoms with E-state index in [-0.39, 0.29) is 6.04 Å². The number of hydrogen-bond donors (Lipinski definition) is 1. The van der Waals surface area contributed by atoms with Crippen LogP contribution in [0.4, 0.5) is 0 Å². The molecule has 1 atom stereocenters. The van der Waals surface area contributed by atoms with Gasteiger partial charge in [-0.25, -0.2) is 4.98 Å². The standard InChI is InChI=1S/C13H15N3O2/c1-16-8-15-7-10(16)13(14)9-2-3-11-12(6-9)18-5-4-17-11/h2-3,6-8,13H,4-5,14H2,1H3. The van der Waals surface area contributed by atoms with E-state index in [1.165, 1.54) is 0 Å². The molecule has 0 fully saturated rings. The number of aryl methyl sites for hydroxylation is 1. The van der Waals surface area contributed by atoms with Gasteiger partial charge in [0.1, 0.15) is 13.2 Å². The smallest absolute Gasteiger partial charge is 0.161 e. The van der Waals surface area contributed by atoms with Crippen molar-refractivity contribution in [1.29, 1.82) is 0 Å². The largest absolute Gasteiger partial charge is 0.486 e. The number of hydrogen-bond acceptors (Lipinski definition) is 4. The molecule has 0 spiro atoms. The van der Waals surface area contributed by atoms with Crippen LogP contribution in [0.1, 0.15) is 17.3 Å². The molecule has 1 aromatic heterocycles. The molecule has 1 unspecified atom stereocenters. The third-order valence-electron chi connectivity index (χ3n) is 3.10. The molecule has 2 N–H and O–H groups in total. The summed E-state index contributed by atoms with van der Waals surface area (Å²) in [6.07, 6.45) is 3.52. The monoisotopic (exact) mass is 245 g/mol. The number of nitrogens with zero attached hydrogens (tertiary/aromatic N) is 2. The summed E-state index contributed by atoms with van der Waals surface area (Å²) < 4.78 is 13.0. The Kier molecular flexibility index (Phi) is 2.68. The third kappa shape index (κ3) is 1.82. The first-order valence-corrected chi connectivity index (χ1v) is 5.87. The van der Waals surface area contributed by atoms with Crippen LogP contribution in [0.15, 0.2) is 30.7 Å². The van der Waals surface area contributed by atoms with Crippen molar-refractivity contribution >= 4 is 0 Å². The number of nitrogens with two attached hydrogens (primary N) is 1. The minimum Gasteiger partial charge on any atom is -0.486 e. The summed E-state index contributed by atoms with van der Waals surface area (Å²) in [5, 5.41) is 0. The van der Waals surface area contributed by atoms with Gasteiger partial charge in [0.2, 0.25) is 0 Å². The molecule has 0 amide bonds. The Hall–Kier alpha value is -2.01. The van der Waals surface area contributed by atoms with E-state index in [1.807, 2.05) is 29.8 Å². The highest BCUT2D eigenvalue weighted by Crippen LogP contribution is 2.33. The molecule has 1 aliphatic rings. The molecular formula is C13H15N3O2. The maximum atomic E-state index is 6.24. The van der Waals surface area contributed by atoms with Gasteiger partial charge in [-0.2, -0.15) is 0 Å². The number of imidazole rings is 1. The van der Waals surface area contributed by atoms with Crippen molar-refractivity contribution in [2.75, 3.05) is 13.2 Å². The summed E-state index contributed by atoms with van der Waals surface area (Å²) in [6, 6.07) is 5.59. The molecule has 5 heteroatoms. The average Bonchev–Trinajstić information content (AvgIpc) is 2.83. The second-order valence-corrected chi connectivity index (χ2v) is 4.31. The van der Waals surface area contributed by atoms with Gasteiger partial charge in [0.25, 0.3) is 0 Å². The normalized spacial score (nSPS) is 15.4. The van der Waals surface area contributed by atoms with Crippen LogP contribution in [-0.4, -0.2) is 22.8 Å². The summed E-state index contributed by atoms with van der Waals surface area (Å²) >= 11 is 0. The second-order valence-electron chi connectivity index (χ2n) is 4.31. The highest BCUT2D eigenvalue weighted by atomic mass is 16.6. The highest BCUT2D eigenvalue weighted by Gasteiger charge is 2.17. The average molecular weight is 245 g/mol. The summed E-state index contributed by atoms with van der Waals surface area (Å²) in [5.74, 6) is 1.54. The van der Waals surface area contributed by atoms with Crippen LogP contribution >= 0.6 is 0 Å². The van der Waals surface area contributed by atoms with Gasteiger partial charge >= 0.3 is 0 Å². The topological polar surface area (TPSA) is 62.3 Å². The number of benzene rings is 1. The predicted molar refractivity (Wildman–Crippen MR) is 66.7 cm³/mol. The highest BCUT2D eigenvalue weighted by molar-refractivity contribution is 5.45. The quantitative estimate of drug-likeness (QED) is 0.864. The van der Waals surface area contributed by atoms with Gasteiger partial charge < -0.3 is 19.8 Å². The van der Waals surface area contributed by atoms with Crippen LogP contribution in [0, 0.1) is 0 Å². The van der Waals surface area contributed by atoms with Crippen molar-refractivity contribution < 1.29 is 9.47 Å². The van der Waals surface area contributed by atoms with Crippen LogP contribution < -0.4 is 15.2 Å². The Bertz CT molecular complexity index is 565. The number of rotatable bonds is 2. The van der Waals surface area contributed by atoms with Crippen molar-refractivity contribution in [2.24, 2.45) is 12.8 Å². The van der Waals surface area contributed by atoms with Crippen molar-refractivity contribution in [3.05, 3.63) is 42.0 Å². The first-order chi connectivity index (χ1) is 8.75. The maximum absolute atomic E-state index is 6.24. The van der Waals surface area contributed by atoms with Gasteiger partial charge in [0, 0.05) is 7.05 Å². The van der Waals surface area contributed by atoms with Crippen LogP contribution in [0.2, 0.25) is 0 Å². The molecule has 1 aromatic carbocycles. The second kappa shape index (κ2) is 4.34. The van der Waals surface area contributed by atoms with Gasteiger partial charge in [-0.3, -0.25) is 0 Å². The lowest BCUT2D eigenvalue weighted by Crippen LogP contribution is -2.18. The lowest BCUT2D eigenvalue weighted by molar-refractivity contribution is 0.171. The summed E-state index contributed by atoms with van der Waals surface area (Å²) in [4.78, 5) is 4.08. The zero-order valence-corrected chi connectivity index (χ0v) is 10.2. The van der Waals surface area contributed by atoms with Crippen LogP contribution in [-0.2, 0) is 7.05 Å². The Morgan fingerprint density at radius 3 is 2.78 bits per heavy atom. The molecule has 94 valence electrons. The molecule has 2 aromatic rings. The molecule has 1 aliphatic heterocycles. The predicted octanol–water partition coefficient (Wildman–Crippen LogP) is 1.24.